The Balaban J connectivity index is 1.91. The SMILES string of the molecule is CCOc1ccc(S(=O)(=O)N(CC)CC)cc1NC(=O)c1cc(-c2ccccc2)on1. The second-order valence-corrected chi connectivity index (χ2v) is 8.51. The summed E-state index contributed by atoms with van der Waals surface area (Å²) in [6.07, 6.45) is 0. The molecule has 8 nitrogen and oxygen atoms in total. The van der Waals surface area contributed by atoms with Crippen molar-refractivity contribution in [3.8, 4) is 17.1 Å². The second kappa shape index (κ2) is 9.76. The summed E-state index contributed by atoms with van der Waals surface area (Å²) in [4.78, 5) is 12.8. The number of aromatic nitrogens is 1. The van der Waals surface area contributed by atoms with Gasteiger partial charge in [0.15, 0.2) is 11.5 Å². The molecule has 9 heteroatoms. The van der Waals surface area contributed by atoms with Gasteiger partial charge in [0.05, 0.1) is 17.2 Å². The molecule has 0 fully saturated rings. The predicted molar refractivity (Wildman–Crippen MR) is 118 cm³/mol. The molecule has 0 atom stereocenters. The third-order valence-corrected chi connectivity index (χ3v) is 6.69. The maximum atomic E-state index is 12.9. The Bertz CT molecular complexity index is 1140. The van der Waals surface area contributed by atoms with E-state index in [0.717, 1.165) is 5.56 Å². The number of nitrogens with zero attached hydrogens (tertiary/aromatic N) is 2. The number of rotatable bonds is 9. The van der Waals surface area contributed by atoms with Gasteiger partial charge in [0.1, 0.15) is 5.75 Å². The number of hydrogen-bond donors (Lipinski definition) is 1. The average molecular weight is 444 g/mol. The van der Waals surface area contributed by atoms with Crippen LogP contribution < -0.4 is 10.1 Å². The summed E-state index contributed by atoms with van der Waals surface area (Å²) in [5.74, 6) is 0.277. The van der Waals surface area contributed by atoms with Gasteiger partial charge in [-0.25, -0.2) is 8.42 Å². The Morgan fingerprint density at radius 1 is 1.06 bits per heavy atom. The molecule has 2 aromatic carbocycles. The summed E-state index contributed by atoms with van der Waals surface area (Å²) < 4.78 is 37.9. The number of hydrogen-bond acceptors (Lipinski definition) is 6. The Morgan fingerprint density at radius 3 is 2.42 bits per heavy atom. The number of ether oxygens (including phenoxy) is 1. The molecule has 164 valence electrons. The molecular weight excluding hydrogens is 418 g/mol. The molecule has 0 aliphatic heterocycles. The van der Waals surface area contributed by atoms with E-state index >= 15 is 0 Å². The number of carbonyl (C=O) groups is 1. The van der Waals surface area contributed by atoms with Crippen molar-refractivity contribution in [2.24, 2.45) is 0 Å². The Kier molecular flexibility index (Phi) is 7.09. The molecule has 3 rings (SSSR count). The molecule has 0 unspecified atom stereocenters. The number of anilines is 1. The third kappa shape index (κ3) is 4.95. The van der Waals surface area contributed by atoms with Gasteiger partial charge < -0.3 is 14.6 Å². The molecule has 0 aliphatic rings. The Hall–Kier alpha value is -3.17. The van der Waals surface area contributed by atoms with Crippen LogP contribution in [0.3, 0.4) is 0 Å². The van der Waals surface area contributed by atoms with Gasteiger partial charge in [0.2, 0.25) is 10.0 Å². The quantitative estimate of drug-likeness (QED) is 0.536. The van der Waals surface area contributed by atoms with E-state index in [4.69, 9.17) is 9.26 Å². The van der Waals surface area contributed by atoms with Gasteiger partial charge in [-0.2, -0.15) is 4.31 Å². The van der Waals surface area contributed by atoms with E-state index in [2.05, 4.69) is 10.5 Å². The van der Waals surface area contributed by atoms with E-state index in [-0.39, 0.29) is 16.3 Å². The van der Waals surface area contributed by atoms with Gasteiger partial charge >= 0.3 is 0 Å². The standard InChI is InChI=1S/C22H25N3O5S/c1-4-25(5-2)31(27,28)17-12-13-20(29-6-3)18(14-17)23-22(26)19-15-21(30-24-19)16-10-8-7-9-11-16/h7-15H,4-6H2,1-3H3,(H,23,26). The zero-order chi connectivity index (χ0) is 22.4. The van der Waals surface area contributed by atoms with E-state index in [1.165, 1.54) is 28.6 Å². The predicted octanol–water partition coefficient (Wildman–Crippen LogP) is 4.02. The summed E-state index contributed by atoms with van der Waals surface area (Å²) in [5.41, 5.74) is 1.10. The molecule has 0 aliphatic carbocycles. The highest BCUT2D eigenvalue weighted by atomic mass is 32.2. The summed E-state index contributed by atoms with van der Waals surface area (Å²) in [6, 6.07) is 15.2. The Labute approximate surface area is 181 Å². The largest absolute Gasteiger partial charge is 0.492 e. The van der Waals surface area contributed by atoms with E-state index in [1.54, 1.807) is 20.8 Å². The first-order valence-electron chi connectivity index (χ1n) is 10.0. The van der Waals surface area contributed by atoms with E-state index in [1.807, 2.05) is 30.3 Å². The topological polar surface area (TPSA) is 102 Å². The maximum Gasteiger partial charge on any atom is 0.277 e. The molecule has 3 aromatic rings. The van der Waals surface area contributed by atoms with Crippen molar-refractivity contribution in [2.45, 2.75) is 25.7 Å². The van der Waals surface area contributed by atoms with Crippen LogP contribution >= 0.6 is 0 Å². The number of carbonyl (C=O) groups excluding carboxylic acids is 1. The Morgan fingerprint density at radius 2 is 1.77 bits per heavy atom. The highest BCUT2D eigenvalue weighted by molar-refractivity contribution is 7.89. The van der Waals surface area contributed by atoms with Crippen molar-refractivity contribution in [1.29, 1.82) is 0 Å². The molecule has 0 bridgehead atoms. The first-order valence-corrected chi connectivity index (χ1v) is 11.4. The highest BCUT2D eigenvalue weighted by Crippen LogP contribution is 2.30. The van der Waals surface area contributed by atoms with Crippen molar-refractivity contribution in [3.63, 3.8) is 0 Å². The van der Waals surface area contributed by atoms with E-state index in [9.17, 15) is 13.2 Å². The molecular formula is C22H25N3O5S. The van der Waals surface area contributed by atoms with Gasteiger partial charge in [0.25, 0.3) is 5.91 Å². The van der Waals surface area contributed by atoms with Gasteiger partial charge in [-0.1, -0.05) is 49.3 Å². The lowest BCUT2D eigenvalue weighted by molar-refractivity contribution is 0.101. The summed E-state index contributed by atoms with van der Waals surface area (Å²) >= 11 is 0. The lowest BCUT2D eigenvalue weighted by atomic mass is 10.1. The molecule has 1 amide bonds. The summed E-state index contributed by atoms with van der Waals surface area (Å²) in [7, 11) is -3.70. The number of sulfonamides is 1. The lowest BCUT2D eigenvalue weighted by Crippen LogP contribution is -2.30. The molecule has 1 aromatic heterocycles. The van der Waals surface area contributed by atoms with Crippen molar-refractivity contribution >= 4 is 21.6 Å². The van der Waals surface area contributed by atoms with Gasteiger partial charge in [-0.15, -0.1) is 0 Å². The normalized spacial score (nSPS) is 11.5. The van der Waals surface area contributed by atoms with E-state index < -0.39 is 15.9 Å². The minimum Gasteiger partial charge on any atom is -0.492 e. The lowest BCUT2D eigenvalue weighted by Gasteiger charge is -2.19. The third-order valence-electron chi connectivity index (χ3n) is 4.64. The fourth-order valence-corrected chi connectivity index (χ4v) is 4.55. The molecule has 0 radical (unpaired) electrons. The zero-order valence-electron chi connectivity index (χ0n) is 17.7. The minimum atomic E-state index is -3.70. The first-order chi connectivity index (χ1) is 14.9. The van der Waals surface area contributed by atoms with Crippen LogP contribution in [0.5, 0.6) is 5.75 Å². The monoisotopic (exact) mass is 443 g/mol. The average Bonchev–Trinajstić information content (AvgIpc) is 3.27. The van der Waals surface area contributed by atoms with Crippen molar-refractivity contribution in [2.75, 3.05) is 25.0 Å². The smallest absolute Gasteiger partial charge is 0.277 e. The number of amides is 1. The first kappa shape index (κ1) is 22.5. The van der Waals surface area contributed by atoms with Crippen LogP contribution in [0, 0.1) is 0 Å². The maximum absolute atomic E-state index is 12.9. The van der Waals surface area contributed by atoms with Crippen LogP contribution in [-0.4, -0.2) is 43.5 Å². The van der Waals surface area contributed by atoms with Gasteiger partial charge in [0, 0.05) is 24.7 Å². The molecule has 0 saturated carbocycles. The van der Waals surface area contributed by atoms with Crippen molar-refractivity contribution < 1.29 is 22.5 Å². The number of benzene rings is 2. The molecule has 31 heavy (non-hydrogen) atoms. The van der Waals surface area contributed by atoms with Crippen LogP contribution in [0.15, 0.2) is 64.0 Å². The van der Waals surface area contributed by atoms with Gasteiger partial charge in [-0.3, -0.25) is 4.79 Å². The van der Waals surface area contributed by atoms with Crippen LogP contribution in [0.4, 0.5) is 5.69 Å². The van der Waals surface area contributed by atoms with Crippen molar-refractivity contribution in [1.82, 2.24) is 9.46 Å². The fourth-order valence-electron chi connectivity index (χ4n) is 3.07. The fraction of sp³-hybridized carbons (Fsp3) is 0.273. The summed E-state index contributed by atoms with van der Waals surface area (Å²) in [5, 5.41) is 6.53. The molecule has 0 spiro atoms. The van der Waals surface area contributed by atoms with Crippen LogP contribution in [0.1, 0.15) is 31.3 Å². The van der Waals surface area contributed by atoms with Crippen LogP contribution in [-0.2, 0) is 10.0 Å². The molecule has 1 heterocycles. The van der Waals surface area contributed by atoms with Crippen LogP contribution in [0.2, 0.25) is 0 Å². The summed E-state index contributed by atoms with van der Waals surface area (Å²) in [6.45, 7) is 6.38. The highest BCUT2D eigenvalue weighted by Gasteiger charge is 2.24. The zero-order valence-corrected chi connectivity index (χ0v) is 18.5. The van der Waals surface area contributed by atoms with Gasteiger partial charge in [-0.05, 0) is 25.1 Å². The molecule has 1 N–H and O–H groups in total. The second-order valence-electron chi connectivity index (χ2n) is 6.58. The number of nitrogens with one attached hydrogen (secondary N) is 1. The van der Waals surface area contributed by atoms with E-state index in [0.29, 0.717) is 31.2 Å². The van der Waals surface area contributed by atoms with Crippen molar-refractivity contribution in [3.05, 3.63) is 60.3 Å². The molecule has 0 saturated heterocycles. The van der Waals surface area contributed by atoms with Crippen LogP contribution in [0.25, 0.3) is 11.3 Å². The minimum absolute atomic E-state index is 0.0679.